The molecule has 8 nitrogen and oxygen atoms in total. The molecule has 0 radical (unpaired) electrons. The van der Waals surface area contributed by atoms with Crippen molar-refractivity contribution in [3.8, 4) is 0 Å². The molecule has 0 bridgehead atoms. The van der Waals surface area contributed by atoms with Crippen LogP contribution in [0.5, 0.6) is 0 Å². The molecule has 0 aliphatic heterocycles. The van der Waals surface area contributed by atoms with Gasteiger partial charge in [-0.05, 0) is 44.9 Å². The number of hydrogen-bond donors (Lipinski definition) is 2. The van der Waals surface area contributed by atoms with Crippen molar-refractivity contribution in [1.82, 2.24) is 9.71 Å². The third kappa shape index (κ3) is 4.71. The smallest absolute Gasteiger partial charge is 0.350 e. The Morgan fingerprint density at radius 3 is 2.74 bits per heavy atom. The maximum atomic E-state index is 12.5. The quantitative estimate of drug-likeness (QED) is 0.678. The molecule has 0 unspecified atom stereocenters. The van der Waals surface area contributed by atoms with Crippen LogP contribution in [0.4, 0.5) is 5.13 Å². The molecular weight excluding hydrogens is 390 g/mol. The first-order valence-electron chi connectivity index (χ1n) is 8.38. The molecule has 1 aromatic carbocycles. The van der Waals surface area contributed by atoms with Crippen molar-refractivity contribution >= 4 is 38.4 Å². The number of nitrogens with zero attached hydrogens (tertiary/aromatic N) is 1. The highest BCUT2D eigenvalue weighted by Gasteiger charge is 2.28. The number of carbonyl (C=O) groups is 2. The van der Waals surface area contributed by atoms with Gasteiger partial charge >= 0.3 is 5.97 Å². The molecular formula is C17H19N3O5S2. The van der Waals surface area contributed by atoms with Crippen molar-refractivity contribution in [1.29, 1.82) is 0 Å². The van der Waals surface area contributed by atoms with Crippen LogP contribution in [0.2, 0.25) is 0 Å². The van der Waals surface area contributed by atoms with E-state index in [1.54, 1.807) is 13.8 Å². The van der Waals surface area contributed by atoms with Crippen molar-refractivity contribution in [2.75, 3.05) is 11.9 Å². The van der Waals surface area contributed by atoms with E-state index < -0.39 is 21.9 Å². The van der Waals surface area contributed by atoms with E-state index in [4.69, 9.17) is 4.74 Å². The molecule has 2 aromatic rings. The van der Waals surface area contributed by atoms with Crippen LogP contribution in [-0.2, 0) is 14.8 Å². The second-order valence-electron chi connectivity index (χ2n) is 6.03. The maximum absolute atomic E-state index is 12.5. The van der Waals surface area contributed by atoms with Crippen molar-refractivity contribution in [2.45, 2.75) is 37.6 Å². The Morgan fingerprint density at radius 2 is 2.07 bits per heavy atom. The Balaban J connectivity index is 1.76. The van der Waals surface area contributed by atoms with E-state index in [1.807, 2.05) is 0 Å². The fourth-order valence-electron chi connectivity index (χ4n) is 2.30. The number of ether oxygens (including phenoxy) is 1. The number of esters is 1. The van der Waals surface area contributed by atoms with E-state index in [9.17, 15) is 18.0 Å². The number of rotatable bonds is 7. The van der Waals surface area contributed by atoms with E-state index in [0.29, 0.717) is 10.6 Å². The van der Waals surface area contributed by atoms with Gasteiger partial charge in [0.2, 0.25) is 10.0 Å². The van der Waals surface area contributed by atoms with Gasteiger partial charge in [-0.3, -0.25) is 10.1 Å². The summed E-state index contributed by atoms with van der Waals surface area (Å²) in [5, 5.41) is 2.83. The summed E-state index contributed by atoms with van der Waals surface area (Å²) in [6.45, 7) is 3.60. The summed E-state index contributed by atoms with van der Waals surface area (Å²) in [6.07, 6.45) is 1.65. The zero-order valence-corrected chi connectivity index (χ0v) is 16.4. The predicted octanol–water partition coefficient (Wildman–Crippen LogP) is 2.32. The van der Waals surface area contributed by atoms with Crippen LogP contribution < -0.4 is 10.0 Å². The zero-order valence-electron chi connectivity index (χ0n) is 14.8. The summed E-state index contributed by atoms with van der Waals surface area (Å²) in [6, 6.07) is 5.75. The molecule has 27 heavy (non-hydrogen) atoms. The lowest BCUT2D eigenvalue weighted by molar-refractivity contribution is 0.0531. The van der Waals surface area contributed by atoms with E-state index in [0.717, 1.165) is 24.2 Å². The van der Waals surface area contributed by atoms with Gasteiger partial charge in [0.25, 0.3) is 5.91 Å². The van der Waals surface area contributed by atoms with Crippen molar-refractivity contribution < 1.29 is 22.7 Å². The standard InChI is InChI=1S/C17H19N3O5S2/c1-3-25-16(22)14-10(2)18-17(26-14)19-15(21)11-5-4-6-13(9-11)27(23,24)20-12-7-8-12/h4-6,9,12,20H,3,7-8H2,1-2H3,(H,18,19,21). The molecule has 10 heteroatoms. The van der Waals surface area contributed by atoms with Crippen LogP contribution >= 0.6 is 11.3 Å². The highest BCUT2D eigenvalue weighted by molar-refractivity contribution is 7.89. The van der Waals surface area contributed by atoms with Crippen LogP contribution in [0.1, 0.15) is 45.5 Å². The first-order valence-corrected chi connectivity index (χ1v) is 10.7. The number of thiazole rings is 1. The second kappa shape index (κ2) is 7.75. The van der Waals surface area contributed by atoms with Gasteiger partial charge in [-0.25, -0.2) is 22.9 Å². The number of sulfonamides is 1. The van der Waals surface area contributed by atoms with Crippen LogP contribution in [0, 0.1) is 6.92 Å². The first kappa shape index (κ1) is 19.5. The number of benzene rings is 1. The minimum absolute atomic E-state index is 0.0212. The number of nitrogens with one attached hydrogen (secondary N) is 2. The normalized spacial score (nSPS) is 14.0. The van der Waals surface area contributed by atoms with Crippen LogP contribution in [-0.4, -0.2) is 37.9 Å². The van der Waals surface area contributed by atoms with E-state index in [-0.39, 0.29) is 28.2 Å². The molecule has 0 spiro atoms. The van der Waals surface area contributed by atoms with Crippen LogP contribution in [0.3, 0.4) is 0 Å². The topological polar surface area (TPSA) is 114 Å². The molecule has 1 saturated carbocycles. The van der Waals surface area contributed by atoms with Gasteiger partial charge in [0, 0.05) is 11.6 Å². The van der Waals surface area contributed by atoms with Crippen molar-refractivity contribution in [3.05, 3.63) is 40.4 Å². The maximum Gasteiger partial charge on any atom is 0.350 e. The Morgan fingerprint density at radius 1 is 1.33 bits per heavy atom. The van der Waals surface area contributed by atoms with Crippen molar-refractivity contribution in [3.63, 3.8) is 0 Å². The Bertz CT molecular complexity index is 980. The fraction of sp³-hybridized carbons (Fsp3) is 0.353. The first-order chi connectivity index (χ1) is 12.8. The monoisotopic (exact) mass is 409 g/mol. The van der Waals surface area contributed by atoms with Gasteiger partial charge in [0.05, 0.1) is 17.2 Å². The Kier molecular flexibility index (Phi) is 5.59. The Hall–Kier alpha value is -2.30. The SMILES string of the molecule is CCOC(=O)c1sc(NC(=O)c2cccc(S(=O)(=O)NC3CC3)c2)nc1C. The third-order valence-electron chi connectivity index (χ3n) is 3.78. The molecule has 2 N–H and O–H groups in total. The summed E-state index contributed by atoms with van der Waals surface area (Å²) in [5.41, 5.74) is 0.637. The van der Waals surface area contributed by atoms with Gasteiger partial charge in [-0.1, -0.05) is 17.4 Å². The van der Waals surface area contributed by atoms with E-state index in [2.05, 4.69) is 15.0 Å². The number of aryl methyl sites for hydroxylation is 1. The van der Waals surface area contributed by atoms with Gasteiger partial charge in [-0.2, -0.15) is 0 Å². The minimum Gasteiger partial charge on any atom is -0.462 e. The molecule has 1 heterocycles. The van der Waals surface area contributed by atoms with Gasteiger partial charge < -0.3 is 4.74 Å². The third-order valence-corrected chi connectivity index (χ3v) is 6.35. The number of hydrogen-bond acceptors (Lipinski definition) is 7. The molecule has 3 rings (SSSR count). The predicted molar refractivity (Wildman–Crippen MR) is 101 cm³/mol. The molecule has 0 saturated heterocycles. The zero-order chi connectivity index (χ0) is 19.6. The highest BCUT2D eigenvalue weighted by atomic mass is 32.2. The lowest BCUT2D eigenvalue weighted by atomic mass is 10.2. The molecule has 1 amide bonds. The fourth-order valence-corrected chi connectivity index (χ4v) is 4.50. The Labute approximate surface area is 161 Å². The van der Waals surface area contributed by atoms with Gasteiger partial charge in [-0.15, -0.1) is 0 Å². The van der Waals surface area contributed by atoms with E-state index in [1.165, 1.54) is 24.3 Å². The lowest BCUT2D eigenvalue weighted by Gasteiger charge is -2.07. The minimum atomic E-state index is -3.65. The number of carbonyl (C=O) groups excluding carboxylic acids is 2. The lowest BCUT2D eigenvalue weighted by Crippen LogP contribution is -2.26. The largest absolute Gasteiger partial charge is 0.462 e. The molecule has 0 atom stereocenters. The van der Waals surface area contributed by atoms with Crippen molar-refractivity contribution in [2.24, 2.45) is 0 Å². The molecule has 1 aromatic heterocycles. The number of amides is 1. The average Bonchev–Trinajstić information content (AvgIpc) is 3.35. The van der Waals surface area contributed by atoms with E-state index >= 15 is 0 Å². The molecule has 1 fully saturated rings. The summed E-state index contributed by atoms with van der Waals surface area (Å²) in [4.78, 5) is 28.8. The van der Waals surface area contributed by atoms with Crippen LogP contribution in [0.25, 0.3) is 0 Å². The summed E-state index contributed by atoms with van der Waals surface area (Å²) >= 11 is 1.01. The number of aromatic nitrogens is 1. The molecule has 1 aliphatic rings. The summed E-state index contributed by atoms with van der Waals surface area (Å²) in [7, 11) is -3.65. The summed E-state index contributed by atoms with van der Waals surface area (Å²) in [5.74, 6) is -1.00. The molecule has 144 valence electrons. The average molecular weight is 409 g/mol. The number of anilines is 1. The summed E-state index contributed by atoms with van der Waals surface area (Å²) < 4.78 is 32.1. The van der Waals surface area contributed by atoms with Gasteiger partial charge in [0.15, 0.2) is 5.13 Å². The second-order valence-corrected chi connectivity index (χ2v) is 8.74. The highest BCUT2D eigenvalue weighted by Crippen LogP contribution is 2.25. The van der Waals surface area contributed by atoms with Gasteiger partial charge in [0.1, 0.15) is 4.88 Å². The van der Waals surface area contributed by atoms with Crippen LogP contribution in [0.15, 0.2) is 29.2 Å². The molecule has 1 aliphatic carbocycles.